The Bertz CT molecular complexity index is 185. The smallest absolute Gasteiger partial charge is 0.0445 e. The van der Waals surface area contributed by atoms with Crippen molar-refractivity contribution in [2.75, 3.05) is 13.2 Å². The Kier molecular flexibility index (Phi) is 6.32. The first kappa shape index (κ1) is 13.9. The molecule has 96 valence electrons. The fraction of sp³-hybridized carbons (Fsp3) is 1.00. The van der Waals surface area contributed by atoms with Crippen LogP contribution in [0.15, 0.2) is 0 Å². The molecule has 0 bridgehead atoms. The van der Waals surface area contributed by atoms with E-state index in [1.165, 1.54) is 25.7 Å². The van der Waals surface area contributed by atoms with Gasteiger partial charge in [0, 0.05) is 18.7 Å². The summed E-state index contributed by atoms with van der Waals surface area (Å²) in [5, 5.41) is 12.8. The second kappa shape index (κ2) is 7.25. The van der Waals surface area contributed by atoms with E-state index in [4.69, 9.17) is 10.8 Å². The number of hydrogen-bond donors (Lipinski definition) is 3. The molecule has 3 heteroatoms. The van der Waals surface area contributed by atoms with Crippen molar-refractivity contribution in [1.29, 1.82) is 0 Å². The SMILES string of the molecule is CC(C)C(CCO)NC1CCCCC1CN. The standard InChI is InChI=1S/C13H28N2O/c1-10(2)12(7-8-16)15-13-6-4-3-5-11(13)9-14/h10-13,15-16H,3-9,14H2,1-2H3. The normalized spacial score (nSPS) is 28.3. The summed E-state index contributed by atoms with van der Waals surface area (Å²) in [6.07, 6.45) is 6.00. The molecule has 0 spiro atoms. The van der Waals surface area contributed by atoms with Crippen molar-refractivity contribution in [3.63, 3.8) is 0 Å². The number of aliphatic hydroxyl groups is 1. The zero-order valence-electron chi connectivity index (χ0n) is 10.8. The second-order valence-corrected chi connectivity index (χ2v) is 5.42. The molecule has 0 radical (unpaired) electrons. The van der Waals surface area contributed by atoms with Crippen LogP contribution < -0.4 is 11.1 Å². The lowest BCUT2D eigenvalue weighted by Crippen LogP contribution is -2.48. The highest BCUT2D eigenvalue weighted by molar-refractivity contribution is 4.85. The van der Waals surface area contributed by atoms with Crippen LogP contribution >= 0.6 is 0 Å². The molecule has 0 amide bonds. The Hall–Kier alpha value is -0.120. The maximum absolute atomic E-state index is 9.07. The van der Waals surface area contributed by atoms with Gasteiger partial charge in [-0.2, -0.15) is 0 Å². The zero-order valence-corrected chi connectivity index (χ0v) is 10.8. The van der Waals surface area contributed by atoms with E-state index in [0.717, 1.165) is 13.0 Å². The van der Waals surface area contributed by atoms with E-state index in [-0.39, 0.29) is 6.61 Å². The Morgan fingerprint density at radius 2 is 2.00 bits per heavy atom. The summed E-state index contributed by atoms with van der Waals surface area (Å²) in [7, 11) is 0. The molecule has 1 aliphatic carbocycles. The minimum absolute atomic E-state index is 0.274. The fourth-order valence-electron chi connectivity index (χ4n) is 2.73. The predicted octanol–water partition coefficient (Wildman–Crippen LogP) is 1.50. The molecule has 3 unspecified atom stereocenters. The van der Waals surface area contributed by atoms with Crippen LogP contribution in [0, 0.1) is 11.8 Å². The molecule has 0 aromatic rings. The molecule has 0 saturated heterocycles. The van der Waals surface area contributed by atoms with Crippen molar-refractivity contribution >= 4 is 0 Å². The van der Waals surface area contributed by atoms with Crippen molar-refractivity contribution in [2.24, 2.45) is 17.6 Å². The van der Waals surface area contributed by atoms with Gasteiger partial charge in [0.15, 0.2) is 0 Å². The lowest BCUT2D eigenvalue weighted by atomic mass is 9.83. The van der Waals surface area contributed by atoms with Crippen LogP contribution in [0.2, 0.25) is 0 Å². The average Bonchev–Trinajstić information content (AvgIpc) is 2.29. The van der Waals surface area contributed by atoms with Gasteiger partial charge in [-0.05, 0) is 37.6 Å². The van der Waals surface area contributed by atoms with Crippen molar-refractivity contribution in [1.82, 2.24) is 5.32 Å². The number of aliphatic hydroxyl groups excluding tert-OH is 1. The summed E-state index contributed by atoms with van der Waals surface area (Å²) in [4.78, 5) is 0. The average molecular weight is 228 g/mol. The molecule has 0 aromatic heterocycles. The minimum Gasteiger partial charge on any atom is -0.396 e. The van der Waals surface area contributed by atoms with Gasteiger partial charge in [-0.25, -0.2) is 0 Å². The molecule has 1 rings (SSSR count). The van der Waals surface area contributed by atoms with Gasteiger partial charge < -0.3 is 16.2 Å². The third-order valence-electron chi connectivity index (χ3n) is 3.88. The van der Waals surface area contributed by atoms with Crippen LogP contribution in [-0.4, -0.2) is 30.3 Å². The zero-order chi connectivity index (χ0) is 12.0. The van der Waals surface area contributed by atoms with Gasteiger partial charge in [-0.3, -0.25) is 0 Å². The van der Waals surface area contributed by atoms with Gasteiger partial charge in [0.25, 0.3) is 0 Å². The largest absolute Gasteiger partial charge is 0.396 e. The molecule has 4 N–H and O–H groups in total. The molecule has 1 saturated carbocycles. The van der Waals surface area contributed by atoms with Crippen LogP contribution in [0.25, 0.3) is 0 Å². The van der Waals surface area contributed by atoms with E-state index in [9.17, 15) is 0 Å². The maximum atomic E-state index is 9.07. The number of nitrogens with one attached hydrogen (secondary N) is 1. The number of hydrogen-bond acceptors (Lipinski definition) is 3. The van der Waals surface area contributed by atoms with Gasteiger partial charge in [0.2, 0.25) is 0 Å². The van der Waals surface area contributed by atoms with Crippen molar-refractivity contribution < 1.29 is 5.11 Å². The molecule has 16 heavy (non-hydrogen) atoms. The first-order valence-electron chi connectivity index (χ1n) is 6.76. The van der Waals surface area contributed by atoms with Crippen LogP contribution in [0.4, 0.5) is 0 Å². The van der Waals surface area contributed by atoms with E-state index < -0.39 is 0 Å². The van der Waals surface area contributed by atoms with Crippen LogP contribution in [0.3, 0.4) is 0 Å². The van der Waals surface area contributed by atoms with E-state index in [2.05, 4.69) is 19.2 Å². The third-order valence-corrected chi connectivity index (χ3v) is 3.88. The fourth-order valence-corrected chi connectivity index (χ4v) is 2.73. The van der Waals surface area contributed by atoms with Crippen LogP contribution in [-0.2, 0) is 0 Å². The van der Waals surface area contributed by atoms with Crippen molar-refractivity contribution in [2.45, 2.75) is 58.0 Å². The van der Waals surface area contributed by atoms with Crippen molar-refractivity contribution in [3.8, 4) is 0 Å². The summed E-state index contributed by atoms with van der Waals surface area (Å²) in [6, 6.07) is 1.000. The van der Waals surface area contributed by atoms with E-state index >= 15 is 0 Å². The first-order valence-corrected chi connectivity index (χ1v) is 6.76. The highest BCUT2D eigenvalue weighted by Crippen LogP contribution is 2.24. The van der Waals surface area contributed by atoms with Gasteiger partial charge in [-0.1, -0.05) is 26.7 Å². The lowest BCUT2D eigenvalue weighted by molar-refractivity contribution is 0.195. The Labute approximate surface area is 99.8 Å². The van der Waals surface area contributed by atoms with E-state index in [0.29, 0.717) is 23.9 Å². The van der Waals surface area contributed by atoms with Crippen LogP contribution in [0.1, 0.15) is 46.0 Å². The van der Waals surface area contributed by atoms with Gasteiger partial charge >= 0.3 is 0 Å². The molecular formula is C13H28N2O. The summed E-state index contributed by atoms with van der Waals surface area (Å²) in [5.41, 5.74) is 5.83. The molecule has 0 aromatic carbocycles. The predicted molar refractivity (Wildman–Crippen MR) is 68.3 cm³/mol. The number of rotatable bonds is 6. The summed E-state index contributed by atoms with van der Waals surface area (Å²) < 4.78 is 0. The third kappa shape index (κ3) is 4.04. The Morgan fingerprint density at radius 3 is 2.56 bits per heavy atom. The van der Waals surface area contributed by atoms with Crippen molar-refractivity contribution in [3.05, 3.63) is 0 Å². The van der Waals surface area contributed by atoms with E-state index in [1.54, 1.807) is 0 Å². The Morgan fingerprint density at radius 1 is 1.31 bits per heavy atom. The first-order chi connectivity index (χ1) is 7.69. The molecule has 3 nitrogen and oxygen atoms in total. The molecular weight excluding hydrogens is 200 g/mol. The molecule has 0 heterocycles. The summed E-state index contributed by atoms with van der Waals surface area (Å²) >= 11 is 0. The molecule has 1 aliphatic rings. The maximum Gasteiger partial charge on any atom is 0.0445 e. The minimum atomic E-state index is 0.274. The molecule has 1 fully saturated rings. The molecule has 3 atom stereocenters. The Balaban J connectivity index is 2.47. The number of nitrogens with two attached hydrogens (primary N) is 1. The highest BCUT2D eigenvalue weighted by atomic mass is 16.3. The van der Waals surface area contributed by atoms with Gasteiger partial charge in [-0.15, -0.1) is 0 Å². The second-order valence-electron chi connectivity index (χ2n) is 5.42. The topological polar surface area (TPSA) is 58.3 Å². The summed E-state index contributed by atoms with van der Waals surface area (Å²) in [6.45, 7) is 5.50. The summed E-state index contributed by atoms with van der Waals surface area (Å²) in [5.74, 6) is 1.21. The van der Waals surface area contributed by atoms with E-state index in [1.807, 2.05) is 0 Å². The monoisotopic (exact) mass is 228 g/mol. The quantitative estimate of drug-likeness (QED) is 0.646. The highest BCUT2D eigenvalue weighted by Gasteiger charge is 2.26. The lowest BCUT2D eigenvalue weighted by Gasteiger charge is -2.36. The van der Waals surface area contributed by atoms with Crippen LogP contribution in [0.5, 0.6) is 0 Å². The van der Waals surface area contributed by atoms with Gasteiger partial charge in [0.05, 0.1) is 0 Å². The molecule has 0 aliphatic heterocycles. The van der Waals surface area contributed by atoms with Gasteiger partial charge in [0.1, 0.15) is 0 Å².